The predicted octanol–water partition coefficient (Wildman–Crippen LogP) is 6.05. The minimum atomic E-state index is -4.75. The van der Waals surface area contributed by atoms with Gasteiger partial charge in [-0.05, 0) is 83.9 Å². The highest BCUT2D eigenvalue weighted by Gasteiger charge is 2.31. The number of rotatable bonds is 9. The molecular formula is C35H22F3N5O8S. The Bertz CT molecular complexity index is 2380. The van der Waals surface area contributed by atoms with E-state index in [1.807, 2.05) is 0 Å². The molecule has 262 valence electrons. The third kappa shape index (κ3) is 7.75. The van der Waals surface area contributed by atoms with Crippen LogP contribution in [-0.2, 0) is 25.8 Å². The number of carbonyl (C=O) groups is 2. The minimum absolute atomic E-state index is 0.00314. The predicted molar refractivity (Wildman–Crippen MR) is 178 cm³/mol. The van der Waals surface area contributed by atoms with Crippen LogP contribution in [0.1, 0.15) is 16.7 Å². The van der Waals surface area contributed by atoms with Gasteiger partial charge in [-0.3, -0.25) is 14.3 Å². The lowest BCUT2D eigenvalue weighted by atomic mass is 10.1. The maximum absolute atomic E-state index is 13.4. The summed E-state index contributed by atoms with van der Waals surface area (Å²) in [5.74, 6) is -0.264. The van der Waals surface area contributed by atoms with Crippen molar-refractivity contribution in [1.82, 2.24) is 0 Å². The first kappa shape index (κ1) is 34.9. The fraction of sp³-hybridized carbons (Fsp3) is 0.0857. The molecule has 0 radical (unpaired) electrons. The van der Waals surface area contributed by atoms with Crippen LogP contribution in [-0.4, -0.2) is 33.8 Å². The summed E-state index contributed by atoms with van der Waals surface area (Å²) < 4.78 is 89.8. The Morgan fingerprint density at radius 1 is 0.692 bits per heavy atom. The number of nitrogens with zero attached hydrogens (tertiary/aromatic N) is 2. The highest BCUT2D eigenvalue weighted by atomic mass is 32.2. The number of benzene rings is 4. The third-order valence-electron chi connectivity index (χ3n) is 7.39. The number of hydrogen-bond donors (Lipinski definition) is 3. The van der Waals surface area contributed by atoms with E-state index in [0.29, 0.717) is 40.2 Å². The second-order valence-electron chi connectivity index (χ2n) is 10.9. The topological polar surface area (TPSA) is 189 Å². The molecule has 0 atom stereocenters. The molecule has 2 aliphatic rings. The van der Waals surface area contributed by atoms with Crippen LogP contribution in [0.25, 0.3) is 12.2 Å². The Morgan fingerprint density at radius 2 is 1.23 bits per heavy atom. The standard InChI is InChI=1S/C35H22F3N5O8S/c36-35(37,38)24-2-1-3-25(14-24)43-52(46,47)26-6-7-27(41-33(44)22(16-39)10-20-4-8-29-31(12-20)50-18-48-29)28(15-26)42-34(45)23(17-40)11-21-5-9-30-32(13-21)51-19-49-30/h1-15,43H,18-19H2,(H,41,44)(H,42,45)/b22-10+,23-11+. The summed E-state index contributed by atoms with van der Waals surface area (Å²) in [7, 11) is -4.60. The summed E-state index contributed by atoms with van der Waals surface area (Å²) in [6.45, 7) is -0.00692. The van der Waals surface area contributed by atoms with Crippen LogP contribution in [0, 0.1) is 22.7 Å². The molecule has 0 aliphatic carbocycles. The van der Waals surface area contributed by atoms with Gasteiger partial charge in [-0.1, -0.05) is 18.2 Å². The Balaban J connectivity index is 1.32. The minimum Gasteiger partial charge on any atom is -0.454 e. The maximum Gasteiger partial charge on any atom is 0.416 e. The number of amides is 2. The summed E-state index contributed by atoms with van der Waals surface area (Å²) in [5.41, 5.74) is -2.05. The molecular weight excluding hydrogens is 707 g/mol. The lowest BCUT2D eigenvalue weighted by Crippen LogP contribution is -2.20. The van der Waals surface area contributed by atoms with E-state index in [9.17, 15) is 41.7 Å². The number of nitriles is 2. The Labute approximate surface area is 293 Å². The molecule has 52 heavy (non-hydrogen) atoms. The molecule has 6 rings (SSSR count). The van der Waals surface area contributed by atoms with Gasteiger partial charge < -0.3 is 29.6 Å². The van der Waals surface area contributed by atoms with Gasteiger partial charge in [0.2, 0.25) is 13.6 Å². The molecule has 0 saturated heterocycles. The van der Waals surface area contributed by atoms with Crippen molar-refractivity contribution in [2.75, 3.05) is 28.9 Å². The smallest absolute Gasteiger partial charge is 0.416 e. The van der Waals surface area contributed by atoms with Gasteiger partial charge in [0.25, 0.3) is 21.8 Å². The van der Waals surface area contributed by atoms with E-state index in [1.54, 1.807) is 42.5 Å². The number of halogens is 3. The van der Waals surface area contributed by atoms with Crippen molar-refractivity contribution in [3.8, 4) is 35.1 Å². The van der Waals surface area contributed by atoms with E-state index >= 15 is 0 Å². The number of sulfonamides is 1. The molecule has 0 fully saturated rings. The number of fused-ring (bicyclic) bond motifs is 2. The fourth-order valence-electron chi connectivity index (χ4n) is 4.89. The van der Waals surface area contributed by atoms with Crippen LogP contribution in [0.15, 0.2) is 94.9 Å². The monoisotopic (exact) mass is 729 g/mol. The number of carbonyl (C=O) groups excluding carboxylic acids is 2. The van der Waals surface area contributed by atoms with Crippen LogP contribution in [0.2, 0.25) is 0 Å². The Kier molecular flexibility index (Phi) is 9.45. The molecule has 0 bridgehead atoms. The molecule has 4 aromatic carbocycles. The van der Waals surface area contributed by atoms with Gasteiger partial charge >= 0.3 is 6.18 Å². The van der Waals surface area contributed by atoms with Gasteiger partial charge in [0.1, 0.15) is 23.3 Å². The molecule has 0 saturated carbocycles. The highest BCUT2D eigenvalue weighted by Crippen LogP contribution is 2.35. The maximum atomic E-state index is 13.4. The van der Waals surface area contributed by atoms with Gasteiger partial charge in [0.15, 0.2) is 23.0 Å². The fourth-order valence-corrected chi connectivity index (χ4v) is 5.97. The average molecular weight is 730 g/mol. The van der Waals surface area contributed by atoms with Crippen molar-refractivity contribution >= 4 is 51.1 Å². The molecule has 0 unspecified atom stereocenters. The molecule has 0 aromatic heterocycles. The quantitative estimate of drug-likeness (QED) is 0.135. The lowest BCUT2D eigenvalue weighted by molar-refractivity contribution is -0.137. The molecule has 2 heterocycles. The Hall–Kier alpha value is -6.98. The zero-order valence-corrected chi connectivity index (χ0v) is 27.1. The zero-order chi connectivity index (χ0) is 37.0. The van der Waals surface area contributed by atoms with Gasteiger partial charge in [-0.2, -0.15) is 23.7 Å². The van der Waals surface area contributed by atoms with Crippen LogP contribution in [0.4, 0.5) is 30.2 Å². The van der Waals surface area contributed by atoms with E-state index in [2.05, 4.69) is 15.4 Å². The van der Waals surface area contributed by atoms with Gasteiger partial charge in [0, 0.05) is 5.69 Å². The highest BCUT2D eigenvalue weighted by molar-refractivity contribution is 7.92. The van der Waals surface area contributed by atoms with Crippen LogP contribution >= 0.6 is 0 Å². The first-order chi connectivity index (χ1) is 24.8. The van der Waals surface area contributed by atoms with Crippen LogP contribution in [0.3, 0.4) is 0 Å². The van der Waals surface area contributed by atoms with E-state index in [4.69, 9.17) is 18.9 Å². The number of hydrogen-bond acceptors (Lipinski definition) is 10. The Morgan fingerprint density at radius 3 is 1.77 bits per heavy atom. The van der Waals surface area contributed by atoms with Gasteiger partial charge in [-0.15, -0.1) is 0 Å². The number of alkyl halides is 3. The van der Waals surface area contributed by atoms with Crippen molar-refractivity contribution in [3.05, 3.63) is 107 Å². The summed E-state index contributed by atoms with van der Waals surface area (Å²) in [6.07, 6.45) is -2.26. The molecule has 17 heteroatoms. The third-order valence-corrected chi connectivity index (χ3v) is 8.76. The van der Waals surface area contributed by atoms with Gasteiger partial charge in [0.05, 0.1) is 21.8 Å². The summed E-state index contributed by atoms with van der Waals surface area (Å²) >= 11 is 0. The van der Waals surface area contributed by atoms with Crippen molar-refractivity contribution in [2.24, 2.45) is 0 Å². The molecule has 2 amide bonds. The number of nitrogens with one attached hydrogen (secondary N) is 3. The lowest BCUT2D eigenvalue weighted by Gasteiger charge is -2.15. The first-order valence-electron chi connectivity index (χ1n) is 14.8. The summed E-state index contributed by atoms with van der Waals surface area (Å²) in [5, 5.41) is 24.5. The van der Waals surface area contributed by atoms with E-state index < -0.39 is 49.7 Å². The average Bonchev–Trinajstić information content (AvgIpc) is 3.79. The van der Waals surface area contributed by atoms with Crippen molar-refractivity contribution in [2.45, 2.75) is 11.1 Å². The largest absolute Gasteiger partial charge is 0.454 e. The van der Waals surface area contributed by atoms with E-state index in [-0.39, 0.29) is 30.5 Å². The molecule has 2 aliphatic heterocycles. The van der Waals surface area contributed by atoms with E-state index in [0.717, 1.165) is 36.4 Å². The second kappa shape index (κ2) is 14.1. The molecule has 3 N–H and O–H groups in total. The number of anilines is 3. The number of ether oxygens (including phenoxy) is 4. The summed E-state index contributed by atoms with van der Waals surface area (Å²) in [6, 6.07) is 19.5. The molecule has 4 aromatic rings. The molecule has 0 spiro atoms. The first-order valence-corrected chi connectivity index (χ1v) is 16.3. The van der Waals surface area contributed by atoms with Crippen molar-refractivity contribution < 1.29 is 50.1 Å². The van der Waals surface area contributed by atoms with Crippen LogP contribution in [0.5, 0.6) is 23.0 Å². The zero-order valence-electron chi connectivity index (χ0n) is 26.3. The normalized spacial score (nSPS) is 13.5. The second-order valence-corrected chi connectivity index (χ2v) is 12.5. The SMILES string of the molecule is N#C/C(=C\c1ccc2c(c1)OCO2)C(=O)Nc1ccc(S(=O)(=O)Nc2cccc(C(F)(F)F)c2)cc1NC(=O)/C(C#N)=C/c1ccc2c(c1)OCO2. The van der Waals surface area contributed by atoms with Crippen LogP contribution < -0.4 is 34.3 Å². The van der Waals surface area contributed by atoms with Gasteiger partial charge in [-0.25, -0.2) is 8.42 Å². The summed E-state index contributed by atoms with van der Waals surface area (Å²) in [4.78, 5) is 26.2. The van der Waals surface area contributed by atoms with Crippen molar-refractivity contribution in [1.29, 1.82) is 10.5 Å². The van der Waals surface area contributed by atoms with E-state index in [1.165, 1.54) is 18.2 Å². The van der Waals surface area contributed by atoms with Crippen molar-refractivity contribution in [3.63, 3.8) is 0 Å². The molecule has 13 nitrogen and oxygen atoms in total.